The Morgan fingerprint density at radius 3 is 2.88 bits per heavy atom. The van der Waals surface area contributed by atoms with Crippen molar-refractivity contribution >= 4 is 39.4 Å². The number of para-hydroxylation sites is 1. The summed E-state index contributed by atoms with van der Waals surface area (Å²) >= 11 is 1.34. The first-order chi connectivity index (χ1) is 12.6. The van der Waals surface area contributed by atoms with E-state index in [-0.39, 0.29) is 12.5 Å². The molecule has 1 atom stereocenters. The first-order valence-electron chi connectivity index (χ1n) is 8.28. The summed E-state index contributed by atoms with van der Waals surface area (Å²) in [7, 11) is 0. The molecule has 26 heavy (non-hydrogen) atoms. The van der Waals surface area contributed by atoms with Gasteiger partial charge in [-0.15, -0.1) is 11.3 Å². The largest absolute Gasteiger partial charge is 0.450 e. The summed E-state index contributed by atoms with van der Waals surface area (Å²) in [5.41, 5.74) is 2.75. The molecule has 8 heteroatoms. The van der Waals surface area contributed by atoms with Crippen molar-refractivity contribution in [1.29, 1.82) is 0 Å². The fourth-order valence-corrected chi connectivity index (χ4v) is 3.34. The van der Waals surface area contributed by atoms with E-state index in [9.17, 15) is 9.59 Å². The Bertz CT molecular complexity index is 918. The molecular weight excluding hydrogens is 352 g/mol. The van der Waals surface area contributed by atoms with Crippen molar-refractivity contribution in [2.24, 2.45) is 0 Å². The van der Waals surface area contributed by atoms with Gasteiger partial charge in [0.1, 0.15) is 6.04 Å². The maximum atomic E-state index is 12.7. The summed E-state index contributed by atoms with van der Waals surface area (Å²) in [5, 5.41) is 8.76. The maximum absolute atomic E-state index is 12.7. The van der Waals surface area contributed by atoms with Gasteiger partial charge in [0.15, 0.2) is 5.13 Å². The average Bonchev–Trinajstić information content (AvgIpc) is 3.21. The number of rotatable bonds is 6. The third-order valence-corrected chi connectivity index (χ3v) is 4.71. The van der Waals surface area contributed by atoms with Crippen LogP contribution in [0.5, 0.6) is 0 Å². The van der Waals surface area contributed by atoms with Crippen LogP contribution in [-0.2, 0) is 16.0 Å². The number of hydrogen-bond acceptors (Lipinski definition) is 5. The number of carbonyl (C=O) groups excluding carboxylic acids is 2. The van der Waals surface area contributed by atoms with Gasteiger partial charge in [-0.1, -0.05) is 18.2 Å². The minimum Gasteiger partial charge on any atom is -0.450 e. The van der Waals surface area contributed by atoms with Crippen molar-refractivity contribution in [3.63, 3.8) is 0 Å². The highest BCUT2D eigenvalue weighted by Crippen LogP contribution is 2.20. The average molecular weight is 372 g/mol. The van der Waals surface area contributed by atoms with Crippen LogP contribution in [0.1, 0.15) is 18.2 Å². The van der Waals surface area contributed by atoms with E-state index in [0.717, 1.165) is 22.2 Å². The summed E-state index contributed by atoms with van der Waals surface area (Å²) in [6.07, 6.45) is 1.56. The SMILES string of the molecule is CCOC(=O)N[C@H](Cc1c[nH]c2ccccc12)C(=O)Nc1nc(C)cs1. The highest BCUT2D eigenvalue weighted by molar-refractivity contribution is 7.13. The van der Waals surface area contributed by atoms with Crippen molar-refractivity contribution in [3.8, 4) is 0 Å². The Morgan fingerprint density at radius 2 is 2.15 bits per heavy atom. The van der Waals surface area contributed by atoms with Gasteiger partial charge in [-0.2, -0.15) is 0 Å². The number of ether oxygens (including phenoxy) is 1. The molecule has 2 heterocycles. The van der Waals surface area contributed by atoms with Crippen molar-refractivity contribution in [3.05, 3.63) is 47.1 Å². The van der Waals surface area contributed by atoms with E-state index >= 15 is 0 Å². The van der Waals surface area contributed by atoms with Gasteiger partial charge in [-0.25, -0.2) is 9.78 Å². The summed E-state index contributed by atoms with van der Waals surface area (Å²) in [4.78, 5) is 32.0. The zero-order valence-corrected chi connectivity index (χ0v) is 15.4. The number of aromatic amines is 1. The predicted molar refractivity (Wildman–Crippen MR) is 101 cm³/mol. The molecule has 0 aliphatic rings. The van der Waals surface area contributed by atoms with Gasteiger partial charge in [0, 0.05) is 28.9 Å². The third kappa shape index (κ3) is 4.20. The fraction of sp³-hybridized carbons (Fsp3) is 0.278. The molecule has 2 amide bonds. The molecule has 0 spiro atoms. The standard InChI is InChI=1S/C18H20N4O3S/c1-3-25-18(24)21-15(16(23)22-17-20-11(2)10-26-17)8-12-9-19-14-7-5-4-6-13(12)14/h4-7,9-10,15,19H,3,8H2,1-2H3,(H,21,24)(H,20,22,23)/t15-/m1/s1. The smallest absolute Gasteiger partial charge is 0.407 e. The Hall–Kier alpha value is -2.87. The second kappa shape index (κ2) is 8.01. The number of aromatic nitrogens is 2. The monoisotopic (exact) mass is 372 g/mol. The zero-order chi connectivity index (χ0) is 18.5. The number of benzene rings is 1. The van der Waals surface area contributed by atoms with Crippen LogP contribution in [0.2, 0.25) is 0 Å². The zero-order valence-electron chi connectivity index (χ0n) is 14.5. The number of amides is 2. The summed E-state index contributed by atoms with van der Waals surface area (Å²) in [5.74, 6) is -0.335. The quantitative estimate of drug-likeness (QED) is 0.619. The number of H-pyrrole nitrogens is 1. The van der Waals surface area contributed by atoms with E-state index in [2.05, 4.69) is 20.6 Å². The molecule has 0 bridgehead atoms. The van der Waals surface area contributed by atoms with Crippen molar-refractivity contribution < 1.29 is 14.3 Å². The molecule has 0 unspecified atom stereocenters. The Balaban J connectivity index is 1.80. The second-order valence-corrected chi connectivity index (χ2v) is 6.62. The van der Waals surface area contributed by atoms with Crippen LogP contribution in [0.3, 0.4) is 0 Å². The maximum Gasteiger partial charge on any atom is 0.407 e. The lowest BCUT2D eigenvalue weighted by atomic mass is 10.0. The molecule has 3 rings (SSSR count). The molecule has 7 nitrogen and oxygen atoms in total. The van der Waals surface area contributed by atoms with E-state index < -0.39 is 12.1 Å². The van der Waals surface area contributed by atoms with Crippen molar-refractivity contribution in [2.75, 3.05) is 11.9 Å². The number of alkyl carbamates (subject to hydrolysis) is 1. The van der Waals surface area contributed by atoms with Gasteiger partial charge >= 0.3 is 6.09 Å². The summed E-state index contributed by atoms with van der Waals surface area (Å²) < 4.78 is 4.93. The van der Waals surface area contributed by atoms with Crippen LogP contribution in [0, 0.1) is 6.92 Å². The molecule has 0 saturated carbocycles. The van der Waals surface area contributed by atoms with Gasteiger partial charge in [0.25, 0.3) is 0 Å². The van der Waals surface area contributed by atoms with Crippen molar-refractivity contribution in [2.45, 2.75) is 26.3 Å². The first-order valence-corrected chi connectivity index (χ1v) is 9.16. The fourth-order valence-electron chi connectivity index (χ4n) is 2.65. The van der Waals surface area contributed by atoms with E-state index in [1.807, 2.05) is 42.8 Å². The molecule has 0 radical (unpaired) electrons. The van der Waals surface area contributed by atoms with Crippen LogP contribution in [0.4, 0.5) is 9.93 Å². The highest BCUT2D eigenvalue weighted by atomic mass is 32.1. The number of fused-ring (bicyclic) bond motifs is 1. The van der Waals surface area contributed by atoms with Crippen LogP contribution >= 0.6 is 11.3 Å². The topological polar surface area (TPSA) is 96.1 Å². The lowest BCUT2D eigenvalue weighted by molar-refractivity contribution is -0.118. The molecule has 0 fully saturated rings. The van der Waals surface area contributed by atoms with E-state index in [4.69, 9.17) is 4.74 Å². The number of anilines is 1. The van der Waals surface area contributed by atoms with E-state index in [0.29, 0.717) is 11.6 Å². The van der Waals surface area contributed by atoms with Crippen LogP contribution in [0.25, 0.3) is 10.9 Å². The van der Waals surface area contributed by atoms with E-state index in [1.54, 1.807) is 6.92 Å². The molecule has 1 aromatic carbocycles. The molecule has 0 aliphatic carbocycles. The number of aryl methyl sites for hydroxylation is 1. The lowest BCUT2D eigenvalue weighted by Gasteiger charge is -2.17. The van der Waals surface area contributed by atoms with Gasteiger partial charge < -0.3 is 20.4 Å². The Kier molecular flexibility index (Phi) is 5.52. The van der Waals surface area contributed by atoms with E-state index in [1.165, 1.54) is 11.3 Å². The first kappa shape index (κ1) is 17.9. The van der Waals surface area contributed by atoms with Gasteiger partial charge in [0.2, 0.25) is 5.91 Å². The summed E-state index contributed by atoms with van der Waals surface area (Å²) in [6.45, 7) is 3.80. The Morgan fingerprint density at radius 1 is 1.35 bits per heavy atom. The van der Waals surface area contributed by atoms with Gasteiger partial charge in [-0.05, 0) is 25.5 Å². The Labute approximate surface area is 154 Å². The molecule has 3 N–H and O–H groups in total. The van der Waals surface area contributed by atoms with Crippen LogP contribution in [0.15, 0.2) is 35.8 Å². The molecule has 0 saturated heterocycles. The number of nitrogens with one attached hydrogen (secondary N) is 3. The number of thiazole rings is 1. The second-order valence-electron chi connectivity index (χ2n) is 5.76. The number of hydrogen-bond donors (Lipinski definition) is 3. The van der Waals surface area contributed by atoms with Crippen molar-refractivity contribution in [1.82, 2.24) is 15.3 Å². The minimum absolute atomic E-state index is 0.235. The van der Waals surface area contributed by atoms with Crippen LogP contribution < -0.4 is 10.6 Å². The molecule has 0 aliphatic heterocycles. The molecule has 3 aromatic rings. The molecule has 136 valence electrons. The lowest BCUT2D eigenvalue weighted by Crippen LogP contribution is -2.45. The summed E-state index contributed by atoms with van der Waals surface area (Å²) in [6, 6.07) is 7.04. The van der Waals surface area contributed by atoms with Crippen LogP contribution in [-0.4, -0.2) is 34.6 Å². The number of carbonyl (C=O) groups is 2. The highest BCUT2D eigenvalue weighted by Gasteiger charge is 2.24. The predicted octanol–water partition coefficient (Wildman–Crippen LogP) is 3.23. The third-order valence-electron chi connectivity index (χ3n) is 3.83. The normalized spacial score (nSPS) is 11.9. The van der Waals surface area contributed by atoms with Gasteiger partial charge in [-0.3, -0.25) is 4.79 Å². The van der Waals surface area contributed by atoms with Gasteiger partial charge in [0.05, 0.1) is 12.3 Å². The minimum atomic E-state index is -0.780. The molecule has 2 aromatic heterocycles. The number of nitrogens with zero attached hydrogens (tertiary/aromatic N) is 1. The molecular formula is C18H20N4O3S.